The van der Waals surface area contributed by atoms with Crippen LogP contribution in [0.5, 0.6) is 0 Å². The number of urea groups is 1. The molecule has 0 unspecified atom stereocenters. The van der Waals surface area contributed by atoms with Crippen LogP contribution in [0.4, 0.5) is 4.79 Å². The van der Waals surface area contributed by atoms with Crippen LogP contribution >= 0.6 is 0 Å². The van der Waals surface area contributed by atoms with Gasteiger partial charge in [-0.15, -0.1) is 0 Å². The van der Waals surface area contributed by atoms with Crippen molar-refractivity contribution in [1.82, 2.24) is 15.5 Å². The molecule has 1 saturated heterocycles. The Hall–Kier alpha value is -1.83. The summed E-state index contributed by atoms with van der Waals surface area (Å²) < 4.78 is 0. The lowest BCUT2D eigenvalue weighted by Gasteiger charge is -2.34. The second kappa shape index (κ2) is 7.68. The number of nitrogens with one attached hydrogen (secondary N) is 2. The van der Waals surface area contributed by atoms with E-state index in [1.54, 1.807) is 4.90 Å². The highest BCUT2D eigenvalue weighted by Gasteiger charge is 2.28. The largest absolute Gasteiger partial charge is 0.480 e. The molecule has 1 atom stereocenters. The van der Waals surface area contributed by atoms with Crippen LogP contribution in [0.15, 0.2) is 0 Å². The molecule has 1 heterocycles. The predicted molar refractivity (Wildman–Crippen MR) is 72.0 cm³/mol. The van der Waals surface area contributed by atoms with Gasteiger partial charge in [-0.1, -0.05) is 0 Å². The van der Waals surface area contributed by atoms with Crippen molar-refractivity contribution in [2.75, 3.05) is 19.6 Å². The van der Waals surface area contributed by atoms with E-state index < -0.39 is 30.4 Å². The Morgan fingerprint density at radius 3 is 2.45 bits per heavy atom. The third-order valence-corrected chi connectivity index (χ3v) is 3.35. The van der Waals surface area contributed by atoms with Gasteiger partial charge in [0.15, 0.2) is 0 Å². The van der Waals surface area contributed by atoms with Crippen LogP contribution < -0.4 is 16.4 Å². The number of carboxylic acids is 1. The Balaban J connectivity index is 2.64. The lowest BCUT2D eigenvalue weighted by Crippen LogP contribution is -2.54. The van der Waals surface area contributed by atoms with Crippen LogP contribution in [0.1, 0.15) is 26.2 Å². The van der Waals surface area contributed by atoms with Crippen LogP contribution in [-0.2, 0) is 9.59 Å². The maximum Gasteiger partial charge on any atom is 0.326 e. The van der Waals surface area contributed by atoms with Gasteiger partial charge >= 0.3 is 12.0 Å². The molecular weight excluding hydrogens is 264 g/mol. The number of aliphatic carboxylic acids is 1. The van der Waals surface area contributed by atoms with Crippen molar-refractivity contribution >= 4 is 17.9 Å². The zero-order valence-corrected chi connectivity index (χ0v) is 11.6. The Labute approximate surface area is 117 Å². The van der Waals surface area contributed by atoms with E-state index >= 15 is 0 Å². The highest BCUT2D eigenvalue weighted by Crippen LogP contribution is 2.12. The SMILES string of the molecule is CCN(C(=O)N[C@@H](CC(N)=O)C(=O)O)C1CCNCC1. The molecule has 1 rings (SSSR count). The number of hydrogen-bond acceptors (Lipinski definition) is 4. The molecule has 1 aliphatic rings. The first-order chi connectivity index (χ1) is 9.45. The van der Waals surface area contributed by atoms with Crippen molar-refractivity contribution in [2.24, 2.45) is 5.73 Å². The molecule has 8 nitrogen and oxygen atoms in total. The number of carbonyl (C=O) groups excluding carboxylic acids is 2. The number of carbonyl (C=O) groups is 3. The highest BCUT2D eigenvalue weighted by atomic mass is 16.4. The number of amides is 3. The summed E-state index contributed by atoms with van der Waals surface area (Å²) in [6, 6.07) is -1.66. The van der Waals surface area contributed by atoms with Crippen molar-refractivity contribution in [3.05, 3.63) is 0 Å². The molecule has 0 saturated carbocycles. The maximum atomic E-state index is 12.1. The van der Waals surface area contributed by atoms with E-state index in [-0.39, 0.29) is 6.04 Å². The average Bonchev–Trinajstić information content (AvgIpc) is 2.39. The van der Waals surface area contributed by atoms with Crippen LogP contribution in [-0.4, -0.2) is 59.6 Å². The lowest BCUT2D eigenvalue weighted by molar-refractivity contribution is -0.141. The van der Waals surface area contributed by atoms with Gasteiger partial charge in [-0.25, -0.2) is 9.59 Å². The van der Waals surface area contributed by atoms with Gasteiger partial charge < -0.3 is 26.4 Å². The van der Waals surface area contributed by atoms with Gasteiger partial charge in [0.2, 0.25) is 5.91 Å². The Kier molecular flexibility index (Phi) is 6.23. The van der Waals surface area contributed by atoms with Gasteiger partial charge in [0, 0.05) is 12.6 Å². The van der Waals surface area contributed by atoms with E-state index in [4.69, 9.17) is 10.8 Å². The normalized spacial score (nSPS) is 17.2. The number of piperidine rings is 1. The van der Waals surface area contributed by atoms with E-state index in [2.05, 4.69) is 10.6 Å². The van der Waals surface area contributed by atoms with Crippen molar-refractivity contribution in [3.63, 3.8) is 0 Å². The summed E-state index contributed by atoms with van der Waals surface area (Å²) in [5.74, 6) is -2.03. The Bertz CT molecular complexity index is 368. The van der Waals surface area contributed by atoms with E-state index in [9.17, 15) is 14.4 Å². The Morgan fingerprint density at radius 1 is 1.40 bits per heavy atom. The molecule has 0 aromatic carbocycles. The predicted octanol–water partition coefficient (Wildman–Crippen LogP) is -0.901. The number of hydrogen-bond donors (Lipinski definition) is 4. The van der Waals surface area contributed by atoms with Gasteiger partial charge in [0.1, 0.15) is 6.04 Å². The van der Waals surface area contributed by atoms with Gasteiger partial charge in [0.25, 0.3) is 0 Å². The molecule has 114 valence electrons. The fourth-order valence-corrected chi connectivity index (χ4v) is 2.32. The van der Waals surface area contributed by atoms with E-state index in [1.165, 1.54) is 0 Å². The van der Waals surface area contributed by atoms with Crippen molar-refractivity contribution in [3.8, 4) is 0 Å². The average molecular weight is 286 g/mol. The zero-order chi connectivity index (χ0) is 15.1. The van der Waals surface area contributed by atoms with Gasteiger partial charge in [-0.3, -0.25) is 4.79 Å². The fraction of sp³-hybridized carbons (Fsp3) is 0.750. The minimum Gasteiger partial charge on any atom is -0.480 e. The molecule has 0 aliphatic carbocycles. The van der Waals surface area contributed by atoms with Crippen LogP contribution in [0.3, 0.4) is 0 Å². The fourth-order valence-electron chi connectivity index (χ4n) is 2.32. The number of nitrogens with zero attached hydrogens (tertiary/aromatic N) is 1. The standard InChI is InChI=1S/C12H22N4O4/c1-2-16(8-3-5-14-6-4-8)12(20)15-9(11(18)19)7-10(13)17/h8-9,14H,2-7H2,1H3,(H2,13,17)(H,15,20)(H,18,19)/t9-/m0/s1. The van der Waals surface area contributed by atoms with Gasteiger partial charge in [-0.05, 0) is 32.9 Å². The monoisotopic (exact) mass is 286 g/mol. The van der Waals surface area contributed by atoms with Crippen LogP contribution in [0.25, 0.3) is 0 Å². The molecule has 1 fully saturated rings. The van der Waals surface area contributed by atoms with Crippen LogP contribution in [0, 0.1) is 0 Å². The maximum absolute atomic E-state index is 12.1. The third kappa shape index (κ3) is 4.69. The quantitative estimate of drug-likeness (QED) is 0.503. The second-order valence-electron chi connectivity index (χ2n) is 4.78. The summed E-state index contributed by atoms with van der Waals surface area (Å²) in [6.45, 7) is 3.99. The molecule has 3 amide bonds. The minimum absolute atomic E-state index is 0.0873. The van der Waals surface area contributed by atoms with Crippen molar-refractivity contribution in [1.29, 1.82) is 0 Å². The highest BCUT2D eigenvalue weighted by molar-refractivity contribution is 5.87. The third-order valence-electron chi connectivity index (χ3n) is 3.35. The van der Waals surface area contributed by atoms with E-state index in [1.807, 2.05) is 6.92 Å². The van der Waals surface area contributed by atoms with E-state index in [0.717, 1.165) is 25.9 Å². The van der Waals surface area contributed by atoms with Gasteiger partial charge in [-0.2, -0.15) is 0 Å². The molecular formula is C12H22N4O4. The van der Waals surface area contributed by atoms with Crippen molar-refractivity contribution in [2.45, 2.75) is 38.3 Å². The number of primary amides is 1. The first-order valence-electron chi connectivity index (χ1n) is 6.74. The molecule has 20 heavy (non-hydrogen) atoms. The minimum atomic E-state index is -1.28. The second-order valence-corrected chi connectivity index (χ2v) is 4.78. The first kappa shape index (κ1) is 16.2. The summed E-state index contributed by atoms with van der Waals surface area (Å²) in [5.41, 5.74) is 4.98. The molecule has 0 aromatic rings. The Morgan fingerprint density at radius 2 is 2.00 bits per heavy atom. The molecule has 8 heteroatoms. The summed E-state index contributed by atoms with van der Waals surface area (Å²) in [5, 5.41) is 14.6. The molecule has 0 aromatic heterocycles. The molecule has 1 aliphatic heterocycles. The molecule has 0 spiro atoms. The molecule has 0 bridgehead atoms. The van der Waals surface area contributed by atoms with Crippen LogP contribution in [0.2, 0.25) is 0 Å². The summed E-state index contributed by atoms with van der Waals surface area (Å²) in [4.78, 5) is 35.6. The smallest absolute Gasteiger partial charge is 0.326 e. The molecule has 5 N–H and O–H groups in total. The zero-order valence-electron chi connectivity index (χ0n) is 11.6. The number of rotatable bonds is 6. The topological polar surface area (TPSA) is 125 Å². The lowest BCUT2D eigenvalue weighted by atomic mass is 10.1. The number of carboxylic acid groups (broad SMARTS) is 1. The number of nitrogens with two attached hydrogens (primary N) is 1. The summed E-state index contributed by atoms with van der Waals surface area (Å²) in [6.07, 6.45) is 1.24. The molecule has 0 radical (unpaired) electrons. The summed E-state index contributed by atoms with van der Waals surface area (Å²) in [7, 11) is 0. The van der Waals surface area contributed by atoms with E-state index in [0.29, 0.717) is 6.54 Å². The van der Waals surface area contributed by atoms with Crippen molar-refractivity contribution < 1.29 is 19.5 Å². The van der Waals surface area contributed by atoms with Gasteiger partial charge in [0.05, 0.1) is 6.42 Å². The first-order valence-corrected chi connectivity index (χ1v) is 6.74. The summed E-state index contributed by atoms with van der Waals surface area (Å²) >= 11 is 0.